The van der Waals surface area contributed by atoms with Gasteiger partial charge in [-0.05, 0) is 6.42 Å². The van der Waals surface area contributed by atoms with Gasteiger partial charge in [-0.3, -0.25) is 0 Å². The van der Waals surface area contributed by atoms with Gasteiger partial charge in [0.2, 0.25) is 10.0 Å². The fraction of sp³-hybridized carbons (Fsp3) is 0.455. The third-order valence-corrected chi connectivity index (χ3v) is 4.82. The number of rotatable bonds is 5. The Morgan fingerprint density at radius 3 is 2.79 bits per heavy atom. The molecule has 0 bridgehead atoms. The molecule has 0 spiro atoms. The summed E-state index contributed by atoms with van der Waals surface area (Å²) < 4.78 is 28.0. The minimum Gasteiger partial charge on any atom is -0.330 e. The van der Waals surface area contributed by atoms with Gasteiger partial charge in [-0.1, -0.05) is 0 Å². The standard InChI is InChI=1S/C11H15N5O2S/c1-14(2)19(17,18)7-3-4-15-5-6-16-11(15)10(8-12)9-13-16/h5-6,9H,3-4,7H2,1-2H3. The number of fused-ring (bicyclic) bond motifs is 1. The second-order valence-corrected chi connectivity index (χ2v) is 6.68. The van der Waals surface area contributed by atoms with Crippen LogP contribution in [0.4, 0.5) is 0 Å². The SMILES string of the molecule is CN(C)S(=O)(=O)CCCn1ccn2ncc(C#N)c12. The number of aryl methyl sites for hydroxylation is 1. The summed E-state index contributed by atoms with van der Waals surface area (Å²) >= 11 is 0. The molecule has 0 aliphatic carbocycles. The van der Waals surface area contributed by atoms with Crippen molar-refractivity contribution >= 4 is 15.7 Å². The van der Waals surface area contributed by atoms with E-state index < -0.39 is 10.0 Å². The summed E-state index contributed by atoms with van der Waals surface area (Å²) in [5, 5.41) is 13.0. The number of imidazole rings is 1. The lowest BCUT2D eigenvalue weighted by molar-refractivity contribution is 0.515. The minimum atomic E-state index is -3.17. The highest BCUT2D eigenvalue weighted by molar-refractivity contribution is 7.89. The smallest absolute Gasteiger partial charge is 0.213 e. The summed E-state index contributed by atoms with van der Waals surface area (Å²) in [5.74, 6) is 0.0837. The first-order chi connectivity index (χ1) is 8.95. The lowest BCUT2D eigenvalue weighted by Crippen LogP contribution is -2.25. The molecule has 8 heteroatoms. The van der Waals surface area contributed by atoms with E-state index in [-0.39, 0.29) is 5.75 Å². The van der Waals surface area contributed by atoms with Gasteiger partial charge in [0.15, 0.2) is 5.65 Å². The van der Waals surface area contributed by atoms with E-state index in [2.05, 4.69) is 11.2 Å². The van der Waals surface area contributed by atoms with E-state index in [1.807, 2.05) is 4.57 Å². The predicted octanol–water partition coefficient (Wildman–Crippen LogP) is 0.289. The van der Waals surface area contributed by atoms with Crippen molar-refractivity contribution in [3.05, 3.63) is 24.2 Å². The number of hydrogen-bond acceptors (Lipinski definition) is 4. The molecule has 7 nitrogen and oxygen atoms in total. The van der Waals surface area contributed by atoms with Crippen LogP contribution in [0, 0.1) is 11.3 Å². The van der Waals surface area contributed by atoms with Crippen molar-refractivity contribution in [2.75, 3.05) is 19.8 Å². The zero-order chi connectivity index (χ0) is 14.0. The Bertz CT molecular complexity index is 720. The predicted molar refractivity (Wildman–Crippen MR) is 70.0 cm³/mol. The van der Waals surface area contributed by atoms with Gasteiger partial charge >= 0.3 is 0 Å². The van der Waals surface area contributed by atoms with E-state index in [9.17, 15) is 8.42 Å². The molecule has 0 radical (unpaired) electrons. The van der Waals surface area contributed by atoms with Crippen molar-refractivity contribution in [1.29, 1.82) is 5.26 Å². The molecular weight excluding hydrogens is 266 g/mol. The van der Waals surface area contributed by atoms with Crippen LogP contribution in [0.1, 0.15) is 12.0 Å². The average Bonchev–Trinajstić information content (AvgIpc) is 2.91. The van der Waals surface area contributed by atoms with Crippen molar-refractivity contribution in [2.24, 2.45) is 0 Å². The minimum absolute atomic E-state index is 0.0837. The quantitative estimate of drug-likeness (QED) is 0.788. The molecule has 2 heterocycles. The second-order valence-electron chi connectivity index (χ2n) is 4.38. The molecule has 0 saturated heterocycles. The molecule has 0 unspecified atom stereocenters. The average molecular weight is 281 g/mol. The molecule has 19 heavy (non-hydrogen) atoms. The van der Waals surface area contributed by atoms with Gasteiger partial charge in [-0.25, -0.2) is 17.2 Å². The molecule has 2 aromatic rings. The molecule has 0 amide bonds. The van der Waals surface area contributed by atoms with E-state index in [0.717, 1.165) is 0 Å². The maximum Gasteiger partial charge on any atom is 0.213 e. The molecule has 2 aromatic heterocycles. The first kappa shape index (κ1) is 13.6. The number of nitrogens with zero attached hydrogens (tertiary/aromatic N) is 5. The van der Waals surface area contributed by atoms with Crippen LogP contribution in [0.5, 0.6) is 0 Å². The molecule has 0 saturated carbocycles. The Hall–Kier alpha value is -1.85. The van der Waals surface area contributed by atoms with Gasteiger partial charge in [0, 0.05) is 33.0 Å². The Labute approximate surface area is 111 Å². The van der Waals surface area contributed by atoms with E-state index >= 15 is 0 Å². The molecule has 0 fully saturated rings. The van der Waals surface area contributed by atoms with Gasteiger partial charge in [-0.15, -0.1) is 0 Å². The van der Waals surface area contributed by atoms with Crippen LogP contribution in [0.15, 0.2) is 18.6 Å². The Kier molecular flexibility index (Phi) is 3.59. The lowest BCUT2D eigenvalue weighted by atomic mass is 10.4. The fourth-order valence-corrected chi connectivity index (χ4v) is 2.68. The van der Waals surface area contributed by atoms with Crippen LogP contribution in [0.3, 0.4) is 0 Å². The maximum absolute atomic E-state index is 11.6. The van der Waals surface area contributed by atoms with Gasteiger partial charge < -0.3 is 4.57 Å². The zero-order valence-electron chi connectivity index (χ0n) is 10.8. The highest BCUT2D eigenvalue weighted by Crippen LogP contribution is 2.11. The molecule has 0 aliphatic heterocycles. The third kappa shape index (κ3) is 2.62. The molecule has 102 valence electrons. The first-order valence-corrected chi connectivity index (χ1v) is 7.39. The van der Waals surface area contributed by atoms with Crippen LogP contribution in [0.2, 0.25) is 0 Å². The second kappa shape index (κ2) is 5.03. The van der Waals surface area contributed by atoms with E-state index in [0.29, 0.717) is 24.2 Å². The first-order valence-electron chi connectivity index (χ1n) is 5.78. The van der Waals surface area contributed by atoms with Crippen molar-refractivity contribution in [3.63, 3.8) is 0 Å². The highest BCUT2D eigenvalue weighted by Gasteiger charge is 2.14. The molecule has 0 aliphatic rings. The van der Waals surface area contributed by atoms with Crippen molar-refractivity contribution in [3.8, 4) is 6.07 Å². The summed E-state index contributed by atoms with van der Waals surface area (Å²) in [7, 11) is -0.131. The molecule has 0 atom stereocenters. The summed E-state index contributed by atoms with van der Waals surface area (Å²) in [6.45, 7) is 0.532. The number of hydrogen-bond donors (Lipinski definition) is 0. The monoisotopic (exact) mass is 281 g/mol. The van der Waals surface area contributed by atoms with E-state index in [4.69, 9.17) is 5.26 Å². The number of aromatic nitrogens is 3. The van der Waals surface area contributed by atoms with Crippen LogP contribution in [-0.2, 0) is 16.6 Å². The van der Waals surface area contributed by atoms with Gasteiger partial charge in [0.05, 0.1) is 11.9 Å². The molecular formula is C11H15N5O2S. The van der Waals surface area contributed by atoms with Crippen LogP contribution < -0.4 is 0 Å². The summed E-state index contributed by atoms with van der Waals surface area (Å²) in [6.07, 6.45) is 5.53. The maximum atomic E-state index is 11.6. The summed E-state index contributed by atoms with van der Waals surface area (Å²) in [5.41, 5.74) is 1.19. The number of sulfonamides is 1. The summed E-state index contributed by atoms with van der Waals surface area (Å²) in [6, 6.07) is 2.07. The largest absolute Gasteiger partial charge is 0.330 e. The van der Waals surface area contributed by atoms with Gasteiger partial charge in [-0.2, -0.15) is 10.4 Å². The van der Waals surface area contributed by atoms with E-state index in [1.165, 1.54) is 24.6 Å². The fourth-order valence-electron chi connectivity index (χ4n) is 1.82. The molecule has 2 rings (SSSR count). The zero-order valence-corrected chi connectivity index (χ0v) is 11.6. The molecule has 0 N–H and O–H groups in total. The van der Waals surface area contributed by atoms with Crippen molar-refractivity contribution in [2.45, 2.75) is 13.0 Å². The van der Waals surface area contributed by atoms with Gasteiger partial charge in [0.25, 0.3) is 0 Å². The van der Waals surface area contributed by atoms with Crippen LogP contribution in [-0.4, -0.2) is 46.8 Å². The molecule has 0 aromatic carbocycles. The van der Waals surface area contributed by atoms with Crippen molar-refractivity contribution < 1.29 is 8.42 Å². The Morgan fingerprint density at radius 1 is 1.42 bits per heavy atom. The highest BCUT2D eigenvalue weighted by atomic mass is 32.2. The van der Waals surface area contributed by atoms with Crippen LogP contribution in [0.25, 0.3) is 5.65 Å². The Morgan fingerprint density at radius 2 is 2.16 bits per heavy atom. The topological polar surface area (TPSA) is 83.4 Å². The van der Waals surface area contributed by atoms with E-state index in [1.54, 1.807) is 16.9 Å². The Balaban J connectivity index is 2.11. The van der Waals surface area contributed by atoms with Crippen LogP contribution >= 0.6 is 0 Å². The third-order valence-electron chi connectivity index (χ3n) is 2.91. The van der Waals surface area contributed by atoms with Gasteiger partial charge in [0.1, 0.15) is 11.6 Å². The summed E-state index contributed by atoms with van der Waals surface area (Å²) in [4.78, 5) is 0. The lowest BCUT2D eigenvalue weighted by Gasteiger charge is -2.11. The van der Waals surface area contributed by atoms with Crippen molar-refractivity contribution in [1.82, 2.24) is 18.5 Å². The number of nitriles is 1. The normalized spacial score (nSPS) is 12.1.